The lowest BCUT2D eigenvalue weighted by Gasteiger charge is -2.08. The molecule has 0 radical (unpaired) electrons. The van der Waals surface area contributed by atoms with Gasteiger partial charge in [-0.25, -0.2) is 9.97 Å². The summed E-state index contributed by atoms with van der Waals surface area (Å²) in [6, 6.07) is 22.1. The van der Waals surface area contributed by atoms with Crippen LogP contribution in [-0.2, 0) is 0 Å². The molecule has 0 aliphatic heterocycles. The Balaban J connectivity index is 1.37. The molecule has 0 bridgehead atoms. The highest BCUT2D eigenvalue weighted by molar-refractivity contribution is 9.10. The lowest BCUT2D eigenvalue weighted by atomic mass is 10.2. The third-order valence-electron chi connectivity index (χ3n) is 6.14. The van der Waals surface area contributed by atoms with Gasteiger partial charge in [0.1, 0.15) is 23.3 Å². The zero-order chi connectivity index (χ0) is 28.5. The molecule has 0 unspecified atom stereocenters. The number of aromatic nitrogens is 3. The normalized spacial score (nSPS) is 11.4. The predicted octanol–water partition coefficient (Wildman–Crippen LogP) is 6.56. The number of fused-ring (bicyclic) bond motifs is 2. The van der Waals surface area contributed by atoms with E-state index in [4.69, 9.17) is 18.9 Å². The zero-order valence-corrected chi connectivity index (χ0v) is 22.8. The highest BCUT2D eigenvalue weighted by atomic mass is 79.9. The maximum absolute atomic E-state index is 13.5. The minimum atomic E-state index is -0.534. The van der Waals surface area contributed by atoms with E-state index in [-0.39, 0.29) is 23.0 Å². The Morgan fingerprint density at radius 1 is 1.02 bits per heavy atom. The van der Waals surface area contributed by atoms with Gasteiger partial charge in [-0.15, -0.1) is 0 Å². The fourth-order valence-electron chi connectivity index (χ4n) is 4.17. The van der Waals surface area contributed by atoms with Crippen molar-refractivity contribution in [3.63, 3.8) is 0 Å². The van der Waals surface area contributed by atoms with Gasteiger partial charge in [-0.2, -0.15) is 9.78 Å². The molecule has 12 heteroatoms. The summed E-state index contributed by atoms with van der Waals surface area (Å²) in [5.41, 5.74) is 1.24. The molecule has 202 valence electrons. The fraction of sp³-hybridized carbons (Fsp3) is 0.0345. The molecule has 0 aliphatic rings. The van der Waals surface area contributed by atoms with Gasteiger partial charge in [0.05, 0.1) is 39.0 Å². The lowest BCUT2D eigenvalue weighted by Crippen LogP contribution is -2.20. The summed E-state index contributed by atoms with van der Waals surface area (Å²) in [5, 5.41) is 16.5. The Bertz CT molecular complexity index is 2030. The summed E-state index contributed by atoms with van der Waals surface area (Å²) in [5.74, 6) is 1.84. The third kappa shape index (κ3) is 5.03. The average molecular weight is 612 g/mol. The molecule has 3 aromatic carbocycles. The molecule has 11 nitrogen and oxygen atoms in total. The number of pyridine rings is 1. The lowest BCUT2D eigenvalue weighted by molar-refractivity contribution is -0.385. The standard InChI is InChI=1S/C29H18BrN5O6/c1-39-23-7-4-8-24-20(23)14-26(40-24)28-33-22-6-3-2-5-19(22)29(36)34(28)32-15-17-9-11-25(21(30)13-17)41-27-12-10-18(16-31-27)35(37)38/h2-16H,1H3. The van der Waals surface area contributed by atoms with E-state index in [1.807, 2.05) is 18.2 Å². The van der Waals surface area contributed by atoms with Gasteiger partial charge in [0.25, 0.3) is 11.2 Å². The van der Waals surface area contributed by atoms with E-state index in [0.717, 1.165) is 11.6 Å². The largest absolute Gasteiger partial charge is 0.496 e. The van der Waals surface area contributed by atoms with Crippen LogP contribution in [0.3, 0.4) is 0 Å². The van der Waals surface area contributed by atoms with Crippen LogP contribution in [-0.4, -0.2) is 32.9 Å². The second kappa shape index (κ2) is 10.7. The van der Waals surface area contributed by atoms with Gasteiger partial charge < -0.3 is 13.9 Å². The smallest absolute Gasteiger partial charge is 0.287 e. The summed E-state index contributed by atoms with van der Waals surface area (Å²) in [6.07, 6.45) is 2.64. The number of halogens is 1. The van der Waals surface area contributed by atoms with Crippen molar-refractivity contribution in [3.05, 3.63) is 116 Å². The zero-order valence-electron chi connectivity index (χ0n) is 21.2. The Morgan fingerprint density at radius 2 is 1.88 bits per heavy atom. The van der Waals surface area contributed by atoms with Crippen molar-refractivity contribution < 1.29 is 18.8 Å². The number of rotatable bonds is 7. The Labute approximate surface area is 239 Å². The van der Waals surface area contributed by atoms with E-state index < -0.39 is 4.92 Å². The monoisotopic (exact) mass is 611 g/mol. The van der Waals surface area contributed by atoms with Crippen LogP contribution in [0, 0.1) is 10.1 Å². The number of furan rings is 1. The van der Waals surface area contributed by atoms with Crippen molar-refractivity contribution in [1.82, 2.24) is 14.6 Å². The number of hydrogen-bond donors (Lipinski definition) is 0. The van der Waals surface area contributed by atoms with E-state index in [2.05, 4.69) is 26.0 Å². The van der Waals surface area contributed by atoms with Gasteiger partial charge in [0.15, 0.2) is 5.76 Å². The van der Waals surface area contributed by atoms with E-state index in [9.17, 15) is 14.9 Å². The second-order valence-electron chi connectivity index (χ2n) is 8.70. The van der Waals surface area contributed by atoms with Crippen LogP contribution < -0.4 is 15.0 Å². The number of methoxy groups -OCH3 is 1. The SMILES string of the molecule is COc1cccc2oc(-c3nc4ccccc4c(=O)n3N=Cc3ccc(Oc4ccc([N+](=O)[O-])cn4)c(Br)c3)cc12. The summed E-state index contributed by atoms with van der Waals surface area (Å²) < 4.78 is 19.0. The fourth-order valence-corrected chi connectivity index (χ4v) is 4.65. The summed E-state index contributed by atoms with van der Waals surface area (Å²) in [7, 11) is 1.58. The summed E-state index contributed by atoms with van der Waals surface area (Å²) in [4.78, 5) is 32.5. The first kappa shape index (κ1) is 25.9. The molecule has 3 aromatic heterocycles. The molecule has 0 spiro atoms. The Kier molecular flexibility index (Phi) is 6.73. The van der Waals surface area contributed by atoms with Crippen LogP contribution >= 0.6 is 15.9 Å². The van der Waals surface area contributed by atoms with Gasteiger partial charge in [0.2, 0.25) is 11.7 Å². The molecule has 6 rings (SSSR count). The molecule has 0 saturated carbocycles. The van der Waals surface area contributed by atoms with Gasteiger partial charge in [-0.1, -0.05) is 18.2 Å². The van der Waals surface area contributed by atoms with Crippen LogP contribution in [0.25, 0.3) is 33.5 Å². The third-order valence-corrected chi connectivity index (χ3v) is 6.76. The predicted molar refractivity (Wildman–Crippen MR) is 156 cm³/mol. The first-order chi connectivity index (χ1) is 19.9. The van der Waals surface area contributed by atoms with Crippen LogP contribution in [0.4, 0.5) is 5.69 Å². The maximum atomic E-state index is 13.5. The van der Waals surface area contributed by atoms with Gasteiger partial charge >= 0.3 is 0 Å². The van der Waals surface area contributed by atoms with Crippen LogP contribution in [0.2, 0.25) is 0 Å². The molecule has 6 aromatic rings. The highest BCUT2D eigenvalue weighted by Crippen LogP contribution is 2.33. The van der Waals surface area contributed by atoms with Crippen molar-refractivity contribution in [2.45, 2.75) is 0 Å². The quantitative estimate of drug-likeness (QED) is 0.112. The van der Waals surface area contributed by atoms with Gasteiger partial charge in [-0.05, 0) is 70.0 Å². The number of benzene rings is 3. The molecule has 0 amide bonds. The number of ether oxygens (including phenoxy) is 2. The average Bonchev–Trinajstić information content (AvgIpc) is 3.43. The van der Waals surface area contributed by atoms with Crippen molar-refractivity contribution in [1.29, 1.82) is 0 Å². The Hall–Kier alpha value is -5.36. The topological polar surface area (TPSA) is 135 Å². The highest BCUT2D eigenvalue weighted by Gasteiger charge is 2.18. The van der Waals surface area contributed by atoms with E-state index in [1.54, 1.807) is 55.6 Å². The maximum Gasteiger partial charge on any atom is 0.287 e. The molecule has 3 heterocycles. The van der Waals surface area contributed by atoms with Crippen LogP contribution in [0.5, 0.6) is 17.4 Å². The van der Waals surface area contributed by atoms with Crippen molar-refractivity contribution in [2.24, 2.45) is 5.10 Å². The first-order valence-corrected chi connectivity index (χ1v) is 12.9. The number of hydrogen-bond acceptors (Lipinski definition) is 9. The van der Waals surface area contributed by atoms with Crippen molar-refractivity contribution in [2.75, 3.05) is 7.11 Å². The van der Waals surface area contributed by atoms with Gasteiger partial charge in [0, 0.05) is 12.1 Å². The van der Waals surface area contributed by atoms with E-state index in [0.29, 0.717) is 43.8 Å². The van der Waals surface area contributed by atoms with Crippen molar-refractivity contribution >= 4 is 49.7 Å². The number of nitrogens with zero attached hydrogens (tertiary/aromatic N) is 5. The summed E-state index contributed by atoms with van der Waals surface area (Å²) in [6.45, 7) is 0. The molecule has 0 aliphatic carbocycles. The van der Waals surface area contributed by atoms with E-state index in [1.165, 1.54) is 23.0 Å². The molecule has 0 N–H and O–H groups in total. The second-order valence-corrected chi connectivity index (χ2v) is 9.55. The number of para-hydroxylation sites is 1. The minimum Gasteiger partial charge on any atom is -0.496 e. The minimum absolute atomic E-state index is 0.137. The van der Waals surface area contributed by atoms with Crippen LogP contribution in [0.1, 0.15) is 5.56 Å². The molecule has 41 heavy (non-hydrogen) atoms. The number of nitro groups is 1. The molecule has 0 fully saturated rings. The van der Waals surface area contributed by atoms with E-state index >= 15 is 0 Å². The molecular formula is C29H18BrN5O6. The molecular weight excluding hydrogens is 594 g/mol. The van der Waals surface area contributed by atoms with Gasteiger partial charge in [-0.3, -0.25) is 14.9 Å². The van der Waals surface area contributed by atoms with Crippen LogP contribution in [0.15, 0.2) is 104 Å². The molecule has 0 saturated heterocycles. The summed E-state index contributed by atoms with van der Waals surface area (Å²) >= 11 is 3.47. The molecule has 0 atom stereocenters. The Morgan fingerprint density at radius 3 is 2.63 bits per heavy atom. The first-order valence-electron chi connectivity index (χ1n) is 12.1. The van der Waals surface area contributed by atoms with Crippen molar-refractivity contribution in [3.8, 4) is 29.0 Å².